The molecule has 4 aliphatic rings. The molecule has 2 aromatic carbocycles. The van der Waals surface area contributed by atoms with Crippen molar-refractivity contribution in [1.29, 1.82) is 0 Å². The number of amides is 1. The first-order valence-electron chi connectivity index (χ1n) is 12.0. The van der Waals surface area contributed by atoms with Crippen LogP contribution in [0.25, 0.3) is 11.1 Å². The monoisotopic (exact) mass is 417 g/mol. The van der Waals surface area contributed by atoms with Crippen LogP contribution in [-0.4, -0.2) is 40.4 Å². The molecule has 2 saturated heterocycles. The van der Waals surface area contributed by atoms with Gasteiger partial charge in [0, 0.05) is 18.0 Å². The average Bonchev–Trinajstić information content (AvgIpc) is 3.51. The summed E-state index contributed by atoms with van der Waals surface area (Å²) in [5.74, 6) is 0.791. The predicted octanol–water partition coefficient (Wildman–Crippen LogP) is 5.48. The molecule has 2 unspecified atom stereocenters. The fourth-order valence-corrected chi connectivity index (χ4v) is 6.52. The molecule has 2 aliphatic heterocycles. The van der Waals surface area contributed by atoms with E-state index in [1.54, 1.807) is 0 Å². The summed E-state index contributed by atoms with van der Waals surface area (Å²) in [6.07, 6.45) is 7.77. The van der Waals surface area contributed by atoms with Crippen molar-refractivity contribution in [2.45, 2.75) is 75.0 Å². The number of aliphatic hydroxyl groups is 1. The Morgan fingerprint density at radius 1 is 0.935 bits per heavy atom. The minimum absolute atomic E-state index is 0.0905. The van der Waals surface area contributed by atoms with Crippen LogP contribution in [-0.2, 0) is 4.74 Å². The van der Waals surface area contributed by atoms with Gasteiger partial charge >= 0.3 is 6.09 Å². The van der Waals surface area contributed by atoms with E-state index >= 15 is 0 Å². The first-order valence-corrected chi connectivity index (χ1v) is 12.0. The standard InChI is InChI=1S/C27H31NO3/c29-26(28-19-6-5-7-20(28)16-27(30,15-19)14-18-12-13-18)31-17-25-23-10-3-1-8-21(23)22-9-2-4-11-24(22)25/h1-4,8-11,18-20,25,30H,5-7,12-17H2. The number of hydrogen-bond acceptors (Lipinski definition) is 3. The number of hydrogen-bond donors (Lipinski definition) is 1. The normalized spacial score (nSPS) is 29.4. The van der Waals surface area contributed by atoms with Gasteiger partial charge in [0.25, 0.3) is 0 Å². The molecule has 2 heterocycles. The maximum absolute atomic E-state index is 13.3. The van der Waals surface area contributed by atoms with Gasteiger partial charge < -0.3 is 14.7 Å². The van der Waals surface area contributed by atoms with Gasteiger partial charge in [0.2, 0.25) is 0 Å². The van der Waals surface area contributed by atoms with Gasteiger partial charge in [0.15, 0.2) is 0 Å². The summed E-state index contributed by atoms with van der Waals surface area (Å²) < 4.78 is 5.98. The fraction of sp³-hybridized carbons (Fsp3) is 0.519. The molecule has 1 N–H and O–H groups in total. The highest BCUT2D eigenvalue weighted by atomic mass is 16.6. The van der Waals surface area contributed by atoms with E-state index in [4.69, 9.17) is 4.74 Å². The van der Waals surface area contributed by atoms with Gasteiger partial charge in [0.05, 0.1) is 5.60 Å². The van der Waals surface area contributed by atoms with Crippen molar-refractivity contribution in [2.24, 2.45) is 5.92 Å². The molecular weight excluding hydrogens is 386 g/mol. The van der Waals surface area contributed by atoms with Crippen molar-refractivity contribution in [1.82, 2.24) is 4.90 Å². The third-order valence-corrected chi connectivity index (χ3v) is 8.01. The predicted molar refractivity (Wildman–Crippen MR) is 120 cm³/mol. The second-order valence-corrected chi connectivity index (χ2v) is 10.2. The lowest BCUT2D eigenvalue weighted by atomic mass is 9.73. The Kier molecular flexibility index (Phi) is 4.60. The average molecular weight is 418 g/mol. The van der Waals surface area contributed by atoms with Crippen LogP contribution < -0.4 is 0 Å². The summed E-state index contributed by atoms with van der Waals surface area (Å²) in [7, 11) is 0. The van der Waals surface area contributed by atoms with Crippen LogP contribution in [0.5, 0.6) is 0 Å². The number of ether oxygens (including phenoxy) is 1. The van der Waals surface area contributed by atoms with E-state index in [9.17, 15) is 9.90 Å². The maximum Gasteiger partial charge on any atom is 0.410 e. The first kappa shape index (κ1) is 19.4. The highest BCUT2D eigenvalue weighted by molar-refractivity contribution is 5.79. The summed E-state index contributed by atoms with van der Waals surface area (Å²) in [4.78, 5) is 15.2. The molecule has 31 heavy (non-hydrogen) atoms. The summed E-state index contributed by atoms with van der Waals surface area (Å²) >= 11 is 0. The zero-order valence-corrected chi connectivity index (χ0v) is 18.0. The number of piperidine rings is 2. The molecule has 2 bridgehead atoms. The van der Waals surface area contributed by atoms with Crippen molar-refractivity contribution in [2.75, 3.05) is 6.61 Å². The van der Waals surface area contributed by atoms with E-state index in [0.29, 0.717) is 25.4 Å². The third-order valence-electron chi connectivity index (χ3n) is 8.01. The van der Waals surface area contributed by atoms with Crippen LogP contribution in [0.1, 0.15) is 68.4 Å². The molecule has 4 heteroatoms. The number of carbonyl (C=O) groups excluding carboxylic acids is 1. The smallest absolute Gasteiger partial charge is 0.410 e. The van der Waals surface area contributed by atoms with Crippen molar-refractivity contribution < 1.29 is 14.6 Å². The Balaban J connectivity index is 1.18. The summed E-state index contributed by atoms with van der Waals surface area (Å²) in [6.45, 7) is 0.370. The Hall–Kier alpha value is -2.33. The van der Waals surface area contributed by atoms with Gasteiger partial charge in [-0.15, -0.1) is 0 Å². The van der Waals surface area contributed by atoms with Crippen molar-refractivity contribution >= 4 is 6.09 Å². The Bertz CT molecular complexity index is 938. The van der Waals surface area contributed by atoms with Crippen LogP contribution in [0.3, 0.4) is 0 Å². The van der Waals surface area contributed by atoms with Gasteiger partial charge in [-0.25, -0.2) is 4.79 Å². The SMILES string of the molecule is O=C(OCC1c2ccccc2-c2ccccc21)N1C2CCCC1CC(O)(CC1CC1)C2. The summed E-state index contributed by atoms with van der Waals surface area (Å²) in [5.41, 5.74) is 4.40. The number of nitrogens with zero attached hydrogens (tertiary/aromatic N) is 1. The molecule has 6 rings (SSSR count). The van der Waals surface area contributed by atoms with Crippen LogP contribution in [0.2, 0.25) is 0 Å². The van der Waals surface area contributed by atoms with Crippen LogP contribution in [0, 0.1) is 5.92 Å². The zero-order chi connectivity index (χ0) is 21.0. The second kappa shape index (κ2) is 7.37. The van der Waals surface area contributed by atoms with Crippen LogP contribution >= 0.6 is 0 Å². The third kappa shape index (κ3) is 3.45. The van der Waals surface area contributed by atoms with Gasteiger partial charge in [-0.1, -0.05) is 61.4 Å². The molecule has 162 valence electrons. The largest absolute Gasteiger partial charge is 0.448 e. The van der Waals surface area contributed by atoms with Gasteiger partial charge in [-0.2, -0.15) is 0 Å². The zero-order valence-electron chi connectivity index (χ0n) is 18.0. The molecular formula is C27H31NO3. The molecule has 1 saturated carbocycles. The highest BCUT2D eigenvalue weighted by Gasteiger charge is 2.49. The summed E-state index contributed by atoms with van der Waals surface area (Å²) in [5, 5.41) is 11.2. The minimum Gasteiger partial charge on any atom is -0.448 e. The minimum atomic E-state index is -0.586. The molecule has 2 aliphatic carbocycles. The Labute approximate surface area is 184 Å². The number of carbonyl (C=O) groups is 1. The molecule has 3 fully saturated rings. The molecule has 2 aromatic rings. The highest BCUT2D eigenvalue weighted by Crippen LogP contribution is 2.47. The molecule has 0 radical (unpaired) electrons. The van der Waals surface area contributed by atoms with Gasteiger partial charge in [0.1, 0.15) is 6.61 Å². The van der Waals surface area contributed by atoms with E-state index in [1.807, 2.05) is 4.90 Å². The summed E-state index contributed by atoms with van der Waals surface area (Å²) in [6, 6.07) is 17.1. The topological polar surface area (TPSA) is 49.8 Å². The molecule has 2 atom stereocenters. The molecule has 0 aromatic heterocycles. The number of rotatable bonds is 4. The van der Waals surface area contributed by atoms with Crippen LogP contribution in [0.15, 0.2) is 48.5 Å². The van der Waals surface area contributed by atoms with Crippen molar-refractivity contribution in [3.05, 3.63) is 59.7 Å². The number of benzene rings is 2. The second-order valence-electron chi connectivity index (χ2n) is 10.2. The molecule has 4 nitrogen and oxygen atoms in total. The van der Waals surface area contributed by atoms with E-state index in [0.717, 1.165) is 25.7 Å². The van der Waals surface area contributed by atoms with Crippen LogP contribution in [0.4, 0.5) is 4.79 Å². The lowest BCUT2D eigenvalue weighted by Crippen LogP contribution is -2.60. The molecule has 1 amide bonds. The van der Waals surface area contributed by atoms with Gasteiger partial charge in [-0.3, -0.25) is 0 Å². The Morgan fingerprint density at radius 3 is 2.10 bits per heavy atom. The lowest BCUT2D eigenvalue weighted by molar-refractivity contribution is -0.0909. The van der Waals surface area contributed by atoms with E-state index < -0.39 is 5.60 Å². The van der Waals surface area contributed by atoms with E-state index in [-0.39, 0.29) is 24.1 Å². The Morgan fingerprint density at radius 2 is 1.52 bits per heavy atom. The van der Waals surface area contributed by atoms with Crippen molar-refractivity contribution in [3.63, 3.8) is 0 Å². The fourth-order valence-electron chi connectivity index (χ4n) is 6.52. The maximum atomic E-state index is 13.3. The van der Waals surface area contributed by atoms with Crippen molar-refractivity contribution in [3.8, 4) is 11.1 Å². The van der Waals surface area contributed by atoms with E-state index in [1.165, 1.54) is 35.1 Å². The lowest BCUT2D eigenvalue weighted by Gasteiger charge is -2.51. The quantitative estimate of drug-likeness (QED) is 0.716. The van der Waals surface area contributed by atoms with E-state index in [2.05, 4.69) is 48.5 Å². The first-order chi connectivity index (χ1) is 15.1. The van der Waals surface area contributed by atoms with Gasteiger partial charge in [-0.05, 0) is 66.7 Å². The molecule has 0 spiro atoms. The number of fused-ring (bicyclic) bond motifs is 5.